The van der Waals surface area contributed by atoms with Gasteiger partial charge in [0, 0.05) is 18.0 Å². The van der Waals surface area contributed by atoms with Crippen LogP contribution in [-0.2, 0) is 20.7 Å². The van der Waals surface area contributed by atoms with Gasteiger partial charge in [0.2, 0.25) is 5.91 Å². The van der Waals surface area contributed by atoms with Gasteiger partial charge < -0.3 is 10.1 Å². The molecule has 180 valence electrons. The van der Waals surface area contributed by atoms with E-state index in [1.807, 2.05) is 116 Å². The van der Waals surface area contributed by atoms with E-state index in [4.69, 9.17) is 4.74 Å². The van der Waals surface area contributed by atoms with Crippen LogP contribution in [-0.4, -0.2) is 18.5 Å². The highest BCUT2D eigenvalue weighted by atomic mass is 16.5. The number of para-hydroxylation sites is 1. The minimum absolute atomic E-state index is 0.0146. The van der Waals surface area contributed by atoms with E-state index in [0.717, 1.165) is 24.9 Å². The Morgan fingerprint density at radius 2 is 1.25 bits per heavy atom. The Bertz CT molecular complexity index is 686. The van der Waals surface area contributed by atoms with Crippen molar-refractivity contribution >= 4 is 17.6 Å². The average molecular weight is 444 g/mol. The summed E-state index contributed by atoms with van der Waals surface area (Å²) >= 11 is 0. The van der Waals surface area contributed by atoms with Crippen LogP contribution in [0.5, 0.6) is 0 Å². The predicted octanol–water partition coefficient (Wildman–Crippen LogP) is 7.54. The minimum Gasteiger partial charge on any atom is -0.465 e. The van der Waals surface area contributed by atoms with Crippen molar-refractivity contribution in [3.8, 4) is 0 Å². The maximum atomic E-state index is 11.4. The zero-order valence-corrected chi connectivity index (χ0v) is 21.5. The molecular formula is C28H45NO3. The van der Waals surface area contributed by atoms with Gasteiger partial charge >= 0.3 is 5.97 Å². The first-order valence-electron chi connectivity index (χ1n) is 12.0. The van der Waals surface area contributed by atoms with Crippen LogP contribution in [0.15, 0.2) is 60.7 Å². The van der Waals surface area contributed by atoms with Crippen molar-refractivity contribution < 1.29 is 14.3 Å². The van der Waals surface area contributed by atoms with Gasteiger partial charge in [-0.25, -0.2) is 0 Å². The highest BCUT2D eigenvalue weighted by Gasteiger charge is 2.11. The van der Waals surface area contributed by atoms with Crippen LogP contribution in [0, 0.1) is 11.8 Å². The molecule has 2 unspecified atom stereocenters. The van der Waals surface area contributed by atoms with Gasteiger partial charge in [-0.2, -0.15) is 0 Å². The smallest absolute Gasteiger partial charge is 0.308 e. The van der Waals surface area contributed by atoms with E-state index in [9.17, 15) is 9.59 Å². The van der Waals surface area contributed by atoms with Crippen molar-refractivity contribution in [2.75, 3.05) is 11.9 Å². The number of amides is 1. The molecule has 32 heavy (non-hydrogen) atoms. The van der Waals surface area contributed by atoms with Crippen LogP contribution in [0.25, 0.3) is 0 Å². The van der Waals surface area contributed by atoms with E-state index >= 15 is 0 Å². The van der Waals surface area contributed by atoms with Crippen molar-refractivity contribution in [2.24, 2.45) is 11.8 Å². The molecule has 1 amide bonds. The Kier molecular flexibility index (Phi) is 21.3. The number of anilines is 1. The lowest BCUT2D eigenvalue weighted by molar-refractivity contribution is -0.147. The molecule has 2 aromatic rings. The molecule has 1 N–H and O–H groups in total. The van der Waals surface area contributed by atoms with Gasteiger partial charge in [-0.15, -0.1) is 0 Å². The van der Waals surface area contributed by atoms with Gasteiger partial charge in [0.25, 0.3) is 0 Å². The first kappa shape index (κ1) is 31.6. The summed E-state index contributed by atoms with van der Waals surface area (Å²) in [6.45, 7) is 16.3. The Labute approximate surface area is 196 Å². The summed E-state index contributed by atoms with van der Waals surface area (Å²) in [5.74, 6) is 0.100. The van der Waals surface area contributed by atoms with Crippen molar-refractivity contribution in [3.05, 3.63) is 66.2 Å². The molecule has 2 atom stereocenters. The monoisotopic (exact) mass is 443 g/mol. The van der Waals surface area contributed by atoms with E-state index in [1.165, 1.54) is 5.56 Å². The average Bonchev–Trinajstić information content (AvgIpc) is 2.87. The summed E-state index contributed by atoms with van der Waals surface area (Å²) in [4.78, 5) is 22.8. The molecule has 0 spiro atoms. The van der Waals surface area contributed by atoms with E-state index in [1.54, 1.807) is 0 Å². The lowest BCUT2D eigenvalue weighted by atomic mass is 10.1. The standard InChI is InChI=1S/C13H18O2.C11H15NO.2C2H6/c1-3-11(2)13(14)15-10-9-12-7-5-4-6-8-12;1-3-9(2)11(13)12-10-7-5-4-6-8-10;2*1-2/h4-8,11H,3,9-10H2,1-2H3;4-9H,3H2,1-2H3,(H,12,13);2*1-2H3. The van der Waals surface area contributed by atoms with Gasteiger partial charge in [-0.1, -0.05) is 104 Å². The third-order valence-electron chi connectivity index (χ3n) is 4.59. The summed E-state index contributed by atoms with van der Waals surface area (Å²) < 4.78 is 5.16. The summed E-state index contributed by atoms with van der Waals surface area (Å²) in [7, 11) is 0. The summed E-state index contributed by atoms with van der Waals surface area (Å²) in [6.07, 6.45) is 2.51. The normalized spacial score (nSPS) is 11.0. The van der Waals surface area contributed by atoms with Crippen LogP contribution in [0.4, 0.5) is 5.69 Å². The van der Waals surface area contributed by atoms with Gasteiger partial charge in [-0.05, 0) is 30.5 Å². The number of nitrogens with one attached hydrogen (secondary N) is 1. The van der Waals surface area contributed by atoms with Crippen molar-refractivity contribution in [1.29, 1.82) is 0 Å². The van der Waals surface area contributed by atoms with E-state index in [0.29, 0.717) is 6.61 Å². The van der Waals surface area contributed by atoms with Crippen molar-refractivity contribution in [2.45, 2.75) is 74.7 Å². The number of hydrogen-bond acceptors (Lipinski definition) is 3. The predicted molar refractivity (Wildman–Crippen MR) is 138 cm³/mol. The van der Waals surface area contributed by atoms with Crippen LogP contribution < -0.4 is 5.32 Å². The van der Waals surface area contributed by atoms with E-state index in [-0.39, 0.29) is 23.7 Å². The van der Waals surface area contributed by atoms with Crippen LogP contribution in [0.2, 0.25) is 0 Å². The Morgan fingerprint density at radius 3 is 1.72 bits per heavy atom. The first-order chi connectivity index (χ1) is 15.5. The lowest BCUT2D eigenvalue weighted by Crippen LogP contribution is -2.19. The second-order valence-electron chi connectivity index (χ2n) is 6.88. The third-order valence-corrected chi connectivity index (χ3v) is 4.59. The Balaban J connectivity index is 0. The molecule has 0 aliphatic carbocycles. The molecule has 0 aliphatic heterocycles. The zero-order valence-electron chi connectivity index (χ0n) is 21.5. The fraction of sp³-hybridized carbons (Fsp3) is 0.500. The number of hydrogen-bond donors (Lipinski definition) is 1. The summed E-state index contributed by atoms with van der Waals surface area (Å²) in [5.41, 5.74) is 2.07. The van der Waals surface area contributed by atoms with Crippen molar-refractivity contribution in [1.82, 2.24) is 0 Å². The highest BCUT2D eigenvalue weighted by Crippen LogP contribution is 2.09. The van der Waals surface area contributed by atoms with Gasteiger partial charge in [0.15, 0.2) is 0 Å². The van der Waals surface area contributed by atoms with Crippen LogP contribution in [0.3, 0.4) is 0 Å². The minimum atomic E-state index is -0.0894. The molecule has 2 aromatic carbocycles. The summed E-state index contributed by atoms with van der Waals surface area (Å²) in [6, 6.07) is 19.6. The molecule has 0 aliphatic rings. The number of rotatable bonds is 8. The fourth-order valence-electron chi connectivity index (χ4n) is 2.20. The molecule has 0 bridgehead atoms. The van der Waals surface area contributed by atoms with Crippen LogP contribution >= 0.6 is 0 Å². The van der Waals surface area contributed by atoms with Gasteiger partial charge in [-0.3, -0.25) is 9.59 Å². The molecule has 4 heteroatoms. The second-order valence-corrected chi connectivity index (χ2v) is 6.88. The van der Waals surface area contributed by atoms with E-state index < -0.39 is 0 Å². The van der Waals surface area contributed by atoms with E-state index in [2.05, 4.69) is 5.32 Å². The molecule has 0 saturated carbocycles. The Hall–Kier alpha value is -2.62. The molecule has 0 saturated heterocycles. The summed E-state index contributed by atoms with van der Waals surface area (Å²) in [5, 5.41) is 2.85. The zero-order chi connectivity index (χ0) is 24.8. The fourth-order valence-corrected chi connectivity index (χ4v) is 2.20. The number of ether oxygens (including phenoxy) is 1. The molecule has 0 aromatic heterocycles. The number of benzene rings is 2. The van der Waals surface area contributed by atoms with Gasteiger partial charge in [0.1, 0.15) is 0 Å². The second kappa shape index (κ2) is 21.6. The van der Waals surface area contributed by atoms with Crippen LogP contribution in [0.1, 0.15) is 73.8 Å². The maximum Gasteiger partial charge on any atom is 0.308 e. The SMILES string of the molecule is CC.CC.CCC(C)C(=O)Nc1ccccc1.CCC(C)C(=O)OCCc1ccccc1. The molecule has 4 nitrogen and oxygen atoms in total. The first-order valence-corrected chi connectivity index (χ1v) is 12.0. The molecule has 0 fully saturated rings. The lowest BCUT2D eigenvalue weighted by Gasteiger charge is -2.09. The number of esters is 1. The van der Waals surface area contributed by atoms with Crippen molar-refractivity contribution in [3.63, 3.8) is 0 Å². The third kappa shape index (κ3) is 15.2. The largest absolute Gasteiger partial charge is 0.465 e. The molecule has 0 heterocycles. The highest BCUT2D eigenvalue weighted by molar-refractivity contribution is 5.92. The molecule has 2 rings (SSSR count). The maximum absolute atomic E-state index is 11.4. The topological polar surface area (TPSA) is 55.4 Å². The molecular weight excluding hydrogens is 398 g/mol. The Morgan fingerprint density at radius 1 is 0.781 bits per heavy atom. The number of carbonyl (C=O) groups excluding carboxylic acids is 2. The number of carbonyl (C=O) groups is 2. The quantitative estimate of drug-likeness (QED) is 0.429. The van der Waals surface area contributed by atoms with Gasteiger partial charge in [0.05, 0.1) is 12.5 Å². The molecule has 0 radical (unpaired) electrons.